The van der Waals surface area contributed by atoms with Gasteiger partial charge < -0.3 is 5.11 Å². The van der Waals surface area contributed by atoms with Gasteiger partial charge in [0.15, 0.2) is 0 Å². The minimum Gasteiger partial charge on any atom is -0.481 e. The van der Waals surface area contributed by atoms with E-state index in [0.29, 0.717) is 6.54 Å². The number of carboxylic acid groups (broad SMARTS) is 1. The highest BCUT2D eigenvalue weighted by Crippen LogP contribution is 2.40. The third kappa shape index (κ3) is 8.28. The molecular weight excluding hydrogens is 322 g/mol. The van der Waals surface area contributed by atoms with E-state index in [1.807, 2.05) is 25.2 Å². The molecule has 142 valence electrons. The third-order valence-corrected chi connectivity index (χ3v) is 4.67. The molecule has 0 aromatic rings. The van der Waals surface area contributed by atoms with Crippen LogP contribution in [-0.2, 0) is 4.79 Å². The Kier molecular flexibility index (Phi) is 9.04. The lowest BCUT2D eigenvalue weighted by Gasteiger charge is -2.32. The zero-order valence-electron chi connectivity index (χ0n) is 16.9. The Morgan fingerprint density at radius 1 is 1.19 bits per heavy atom. The van der Waals surface area contributed by atoms with Crippen molar-refractivity contribution in [2.45, 2.75) is 60.3 Å². The van der Waals surface area contributed by atoms with E-state index >= 15 is 0 Å². The summed E-state index contributed by atoms with van der Waals surface area (Å²) in [6, 6.07) is 0. The molecular formula is C23H33NO2. The number of allylic oxidation sites excluding steroid dienone is 10. The molecule has 1 N–H and O–H groups in total. The first-order chi connectivity index (χ1) is 12.2. The summed E-state index contributed by atoms with van der Waals surface area (Å²) in [5.41, 5.74) is 5.56. The second kappa shape index (κ2) is 10.7. The van der Waals surface area contributed by atoms with E-state index in [2.05, 4.69) is 50.9 Å². The minimum atomic E-state index is -0.820. The maximum absolute atomic E-state index is 10.4. The zero-order valence-corrected chi connectivity index (χ0v) is 16.9. The van der Waals surface area contributed by atoms with Crippen LogP contribution in [0.3, 0.4) is 0 Å². The minimum absolute atomic E-state index is 0.0697. The molecule has 1 aliphatic carbocycles. The molecule has 0 unspecified atom stereocenters. The number of carbonyl (C=O) groups is 1. The number of aliphatic imine (C=N–C) groups is 1. The van der Waals surface area contributed by atoms with E-state index in [-0.39, 0.29) is 11.8 Å². The second-order valence-corrected chi connectivity index (χ2v) is 7.64. The topological polar surface area (TPSA) is 49.7 Å². The Balaban J connectivity index is 2.62. The molecule has 1 aliphatic rings. The van der Waals surface area contributed by atoms with Crippen LogP contribution < -0.4 is 0 Å². The van der Waals surface area contributed by atoms with Gasteiger partial charge >= 0.3 is 5.97 Å². The van der Waals surface area contributed by atoms with Gasteiger partial charge in [-0.3, -0.25) is 9.79 Å². The molecule has 0 spiro atoms. The third-order valence-electron chi connectivity index (χ3n) is 4.67. The summed E-state index contributed by atoms with van der Waals surface area (Å²) in [7, 11) is 0. The molecule has 0 fully saturated rings. The van der Waals surface area contributed by atoms with Gasteiger partial charge in [-0.05, 0) is 62.7 Å². The summed E-state index contributed by atoms with van der Waals surface area (Å²) in [5, 5.41) is 8.54. The number of carboxylic acids is 1. The Bertz CT molecular complexity index is 670. The van der Waals surface area contributed by atoms with Gasteiger partial charge in [0.25, 0.3) is 0 Å². The normalized spacial score (nSPS) is 19.3. The Morgan fingerprint density at radius 2 is 1.88 bits per heavy atom. The van der Waals surface area contributed by atoms with Gasteiger partial charge in [0.1, 0.15) is 0 Å². The molecule has 0 bridgehead atoms. The fraction of sp³-hybridized carbons (Fsp3) is 0.478. The largest absolute Gasteiger partial charge is 0.481 e. The molecule has 3 nitrogen and oxygen atoms in total. The first kappa shape index (κ1) is 21.9. The van der Waals surface area contributed by atoms with Gasteiger partial charge in [-0.25, -0.2) is 0 Å². The number of aliphatic carboxylic acids is 1. The molecule has 1 rings (SSSR count). The second-order valence-electron chi connectivity index (χ2n) is 7.64. The summed E-state index contributed by atoms with van der Waals surface area (Å²) in [4.78, 5) is 14.4. The average molecular weight is 356 g/mol. The van der Waals surface area contributed by atoms with E-state index in [4.69, 9.17) is 5.11 Å². The van der Waals surface area contributed by atoms with Crippen LogP contribution >= 0.6 is 0 Å². The van der Waals surface area contributed by atoms with Crippen LogP contribution in [0, 0.1) is 5.41 Å². The van der Waals surface area contributed by atoms with Crippen molar-refractivity contribution >= 4 is 12.2 Å². The summed E-state index contributed by atoms with van der Waals surface area (Å²) < 4.78 is 0. The smallest absolute Gasteiger partial charge is 0.305 e. The summed E-state index contributed by atoms with van der Waals surface area (Å²) in [6.07, 6.45) is 18.0. The van der Waals surface area contributed by atoms with Gasteiger partial charge in [0, 0.05) is 12.8 Å². The maximum atomic E-state index is 10.4. The first-order valence-electron chi connectivity index (χ1n) is 9.34. The monoisotopic (exact) mass is 355 g/mol. The number of hydrogen-bond acceptors (Lipinski definition) is 2. The van der Waals surface area contributed by atoms with Crippen LogP contribution in [-0.4, -0.2) is 23.8 Å². The molecule has 0 atom stereocenters. The molecule has 0 heterocycles. The number of hydrogen-bond donors (Lipinski definition) is 1. The van der Waals surface area contributed by atoms with Gasteiger partial charge in [0.05, 0.1) is 6.42 Å². The molecule has 0 aromatic carbocycles. The standard InChI is InChI=1S/C23H33NO2/c1-18(11-12-21-20(3)10-7-15-23(21,4)5)8-6-9-19(2)13-16-24-17-14-22(25)26/h6,8-9,11-13,16H,7,10,14-15,17H2,1-5H3,(H,25,26)/b9-6+,12-11+,18-8+,19-13+,24-16?. The predicted molar refractivity (Wildman–Crippen MR) is 112 cm³/mol. The van der Waals surface area contributed by atoms with Crippen LogP contribution in [0.2, 0.25) is 0 Å². The summed E-state index contributed by atoms with van der Waals surface area (Å²) >= 11 is 0. The Morgan fingerprint density at radius 3 is 2.54 bits per heavy atom. The molecule has 0 aromatic heterocycles. The highest BCUT2D eigenvalue weighted by Gasteiger charge is 2.26. The fourth-order valence-corrected chi connectivity index (χ4v) is 3.09. The molecule has 26 heavy (non-hydrogen) atoms. The summed E-state index contributed by atoms with van der Waals surface area (Å²) in [5.74, 6) is -0.820. The molecule has 0 saturated carbocycles. The SMILES string of the molecule is CC1=C(/C=C/C(C)=C/C=C/C(C)=C/C=NCCC(=O)O)C(C)(C)CCC1. The summed E-state index contributed by atoms with van der Waals surface area (Å²) in [6.45, 7) is 11.3. The van der Waals surface area contributed by atoms with E-state index < -0.39 is 5.97 Å². The van der Waals surface area contributed by atoms with Crippen molar-refractivity contribution in [3.63, 3.8) is 0 Å². The molecule has 3 heteroatoms. The van der Waals surface area contributed by atoms with Gasteiger partial charge in [-0.15, -0.1) is 0 Å². The van der Waals surface area contributed by atoms with Crippen molar-refractivity contribution in [1.29, 1.82) is 0 Å². The lowest BCUT2D eigenvalue weighted by Crippen LogP contribution is -2.19. The predicted octanol–water partition coefficient (Wildman–Crippen LogP) is 6.06. The van der Waals surface area contributed by atoms with E-state index in [1.165, 1.54) is 36.0 Å². The van der Waals surface area contributed by atoms with Crippen molar-refractivity contribution < 1.29 is 9.90 Å². The number of rotatable bonds is 8. The van der Waals surface area contributed by atoms with Crippen molar-refractivity contribution in [3.8, 4) is 0 Å². The Labute approximate surface area is 158 Å². The maximum Gasteiger partial charge on any atom is 0.305 e. The molecule has 0 amide bonds. The van der Waals surface area contributed by atoms with Crippen molar-refractivity contribution in [2.75, 3.05) is 6.54 Å². The van der Waals surface area contributed by atoms with Crippen LogP contribution in [0.5, 0.6) is 0 Å². The molecule has 0 radical (unpaired) electrons. The van der Waals surface area contributed by atoms with Crippen LogP contribution in [0.4, 0.5) is 0 Å². The molecule has 0 aliphatic heterocycles. The van der Waals surface area contributed by atoms with E-state index in [1.54, 1.807) is 6.21 Å². The van der Waals surface area contributed by atoms with Crippen molar-refractivity contribution in [3.05, 3.63) is 58.7 Å². The van der Waals surface area contributed by atoms with Crippen molar-refractivity contribution in [1.82, 2.24) is 0 Å². The van der Waals surface area contributed by atoms with Crippen LogP contribution in [0.1, 0.15) is 60.3 Å². The van der Waals surface area contributed by atoms with E-state index in [9.17, 15) is 4.79 Å². The van der Waals surface area contributed by atoms with Crippen molar-refractivity contribution in [2.24, 2.45) is 10.4 Å². The average Bonchev–Trinajstić information content (AvgIpc) is 2.53. The van der Waals surface area contributed by atoms with Crippen LogP contribution in [0.25, 0.3) is 0 Å². The van der Waals surface area contributed by atoms with Gasteiger partial charge in [0.2, 0.25) is 0 Å². The van der Waals surface area contributed by atoms with E-state index in [0.717, 1.165) is 5.57 Å². The quantitative estimate of drug-likeness (QED) is 0.425. The zero-order chi connectivity index (χ0) is 19.6. The Hall–Kier alpha value is -2.16. The lowest BCUT2D eigenvalue weighted by atomic mass is 9.72. The van der Waals surface area contributed by atoms with Crippen LogP contribution in [0.15, 0.2) is 63.7 Å². The van der Waals surface area contributed by atoms with Gasteiger partial charge in [-0.1, -0.05) is 55.4 Å². The highest BCUT2D eigenvalue weighted by atomic mass is 16.4. The molecule has 0 saturated heterocycles. The van der Waals surface area contributed by atoms with Gasteiger partial charge in [-0.2, -0.15) is 0 Å². The number of nitrogens with zero attached hydrogens (tertiary/aromatic N) is 1. The first-order valence-corrected chi connectivity index (χ1v) is 9.34. The lowest BCUT2D eigenvalue weighted by molar-refractivity contribution is -0.136. The fourth-order valence-electron chi connectivity index (χ4n) is 3.09. The highest BCUT2D eigenvalue weighted by molar-refractivity contribution is 5.73.